The van der Waals surface area contributed by atoms with E-state index in [4.69, 9.17) is 9.47 Å². The van der Waals surface area contributed by atoms with Crippen LogP contribution in [0.4, 0.5) is 9.59 Å². The Balaban J connectivity index is 0.000000410. The summed E-state index contributed by atoms with van der Waals surface area (Å²) >= 11 is 0. The first-order valence-corrected chi connectivity index (χ1v) is 18.5. The lowest BCUT2D eigenvalue weighted by Crippen LogP contribution is -2.44. The Bertz CT molecular complexity index is 1110. The van der Waals surface area contributed by atoms with Crippen LogP contribution in [0.1, 0.15) is 105 Å². The van der Waals surface area contributed by atoms with Crippen LogP contribution in [0.2, 0.25) is 0 Å². The largest absolute Gasteiger partial charge is 0.469 e. The molecule has 52 heavy (non-hydrogen) atoms. The molecule has 0 saturated heterocycles. The molecule has 3 fully saturated rings. The third-order valence-corrected chi connectivity index (χ3v) is 9.44. The molecule has 0 aromatic heterocycles. The molecule has 6 amide bonds. The maximum Gasteiger partial charge on any atom is 0.324 e. The normalized spacial score (nSPS) is 18.9. The Kier molecular flexibility index (Phi) is 22.6. The summed E-state index contributed by atoms with van der Waals surface area (Å²) in [6.45, 7) is 7.72. The van der Waals surface area contributed by atoms with Crippen LogP contribution in [0.5, 0.6) is 0 Å². The summed E-state index contributed by atoms with van der Waals surface area (Å²) in [4.78, 5) is 93.3. The van der Waals surface area contributed by atoms with Gasteiger partial charge in [0.2, 0.25) is 11.8 Å². The molecule has 3 rings (SSSR count). The van der Waals surface area contributed by atoms with Crippen molar-refractivity contribution < 1.29 is 57.3 Å². The van der Waals surface area contributed by atoms with Crippen LogP contribution >= 0.6 is 0 Å². The average Bonchev–Trinajstić information content (AvgIpc) is 3.88. The smallest absolute Gasteiger partial charge is 0.324 e. The van der Waals surface area contributed by atoms with E-state index in [0.29, 0.717) is 0 Å². The molecule has 296 valence electrons. The van der Waals surface area contributed by atoms with Gasteiger partial charge in [-0.2, -0.15) is 0 Å². The standard InChI is InChI=1S/2C13H22N2O6.C10H16/c2*1-4-15(10(16)6-7-11(17)20-3)13(19)14-9-8-12(18)21-5-2;1-2-9-7-4-5-8(6-7)10(9)3-1/h2*4-9H2,1-3H3,(H,14,19);7-10H,1-6H2. The highest BCUT2D eigenvalue weighted by Gasteiger charge is 2.48. The molecular weight excluding hydrogens is 680 g/mol. The van der Waals surface area contributed by atoms with Gasteiger partial charge in [0.25, 0.3) is 0 Å². The third kappa shape index (κ3) is 16.4. The number of hydrogen-bond donors (Lipinski definition) is 2. The maximum atomic E-state index is 11.8. The molecule has 0 aromatic carbocycles. The number of carbonyl (C=O) groups is 8. The Labute approximate surface area is 307 Å². The van der Waals surface area contributed by atoms with Gasteiger partial charge in [-0.05, 0) is 83.5 Å². The lowest BCUT2D eigenvalue weighted by Gasteiger charge is -2.23. The first kappa shape index (κ1) is 45.8. The summed E-state index contributed by atoms with van der Waals surface area (Å²) in [5, 5.41) is 4.91. The van der Waals surface area contributed by atoms with Crippen molar-refractivity contribution >= 4 is 47.8 Å². The number of nitrogens with zero attached hydrogens (tertiary/aromatic N) is 2. The SMILES string of the molecule is C1CC2C3CCC(C3)C2C1.CCOC(=O)CCNC(=O)N(CC)C(=O)CCC(=O)OC.CCOC(=O)CCNC(=O)N(CC)C(=O)CCC(=O)OC. The van der Waals surface area contributed by atoms with Crippen molar-refractivity contribution in [1.82, 2.24) is 20.4 Å². The second-order valence-electron chi connectivity index (χ2n) is 12.6. The molecular formula is C36H60N4O12. The van der Waals surface area contributed by atoms with E-state index < -0.39 is 47.8 Å². The molecule has 0 aliphatic heterocycles. The lowest BCUT2D eigenvalue weighted by atomic mass is 9.82. The maximum absolute atomic E-state index is 11.8. The number of ether oxygens (including phenoxy) is 4. The van der Waals surface area contributed by atoms with Gasteiger partial charge in [-0.25, -0.2) is 9.59 Å². The van der Waals surface area contributed by atoms with Crippen molar-refractivity contribution in [2.24, 2.45) is 23.7 Å². The summed E-state index contributed by atoms with van der Waals surface area (Å²) < 4.78 is 18.3. The molecule has 3 aliphatic rings. The van der Waals surface area contributed by atoms with Crippen molar-refractivity contribution in [3.05, 3.63) is 0 Å². The van der Waals surface area contributed by atoms with Gasteiger partial charge >= 0.3 is 35.9 Å². The highest BCUT2D eigenvalue weighted by atomic mass is 16.5. The Hall–Kier alpha value is -4.24. The first-order valence-electron chi connectivity index (χ1n) is 18.5. The highest BCUT2D eigenvalue weighted by molar-refractivity contribution is 5.96. The van der Waals surface area contributed by atoms with E-state index in [2.05, 4.69) is 20.1 Å². The van der Waals surface area contributed by atoms with Crippen LogP contribution in [-0.2, 0) is 47.7 Å². The number of hydrogen-bond acceptors (Lipinski definition) is 12. The zero-order chi connectivity index (χ0) is 39.1. The van der Waals surface area contributed by atoms with Gasteiger partial charge in [0.15, 0.2) is 0 Å². The van der Waals surface area contributed by atoms with E-state index in [1.54, 1.807) is 66.2 Å². The molecule has 0 spiro atoms. The van der Waals surface area contributed by atoms with E-state index in [9.17, 15) is 38.4 Å². The van der Waals surface area contributed by atoms with Gasteiger partial charge in [-0.15, -0.1) is 0 Å². The molecule has 4 atom stereocenters. The van der Waals surface area contributed by atoms with Crippen molar-refractivity contribution in [1.29, 1.82) is 0 Å². The summed E-state index contributed by atoms with van der Waals surface area (Å²) in [5.41, 5.74) is 0. The molecule has 0 aromatic rings. The highest BCUT2D eigenvalue weighted by Crippen LogP contribution is 2.58. The number of carbonyl (C=O) groups excluding carboxylic acids is 8. The van der Waals surface area contributed by atoms with E-state index in [1.807, 2.05) is 0 Å². The van der Waals surface area contributed by atoms with Gasteiger partial charge < -0.3 is 29.6 Å². The van der Waals surface area contributed by atoms with Gasteiger partial charge in [0.1, 0.15) is 0 Å². The Morgan fingerprint density at radius 1 is 0.538 bits per heavy atom. The van der Waals surface area contributed by atoms with E-state index >= 15 is 0 Å². The number of methoxy groups -OCH3 is 2. The minimum Gasteiger partial charge on any atom is -0.469 e. The second kappa shape index (κ2) is 25.7. The van der Waals surface area contributed by atoms with Crippen LogP contribution in [0.15, 0.2) is 0 Å². The predicted molar refractivity (Wildman–Crippen MR) is 188 cm³/mol. The number of rotatable bonds is 16. The summed E-state index contributed by atoms with van der Waals surface area (Å²) in [6, 6.07) is -1.20. The number of urea groups is 2. The fraction of sp³-hybridized carbons (Fsp3) is 0.778. The predicted octanol–water partition coefficient (Wildman–Crippen LogP) is 3.73. The quantitative estimate of drug-likeness (QED) is 0.172. The Morgan fingerprint density at radius 3 is 1.25 bits per heavy atom. The number of imide groups is 2. The van der Waals surface area contributed by atoms with Crippen molar-refractivity contribution in [2.75, 3.05) is 53.6 Å². The van der Waals surface area contributed by atoms with Crippen molar-refractivity contribution in [3.63, 3.8) is 0 Å². The number of amides is 6. The van der Waals surface area contributed by atoms with Crippen LogP contribution in [0.25, 0.3) is 0 Å². The summed E-state index contributed by atoms with van der Waals surface area (Å²) in [6.07, 6.45) is 9.23. The summed E-state index contributed by atoms with van der Waals surface area (Å²) in [7, 11) is 2.46. The van der Waals surface area contributed by atoms with Gasteiger partial charge in [-0.3, -0.25) is 38.6 Å². The minimum atomic E-state index is -0.600. The van der Waals surface area contributed by atoms with E-state index in [-0.39, 0.29) is 77.9 Å². The van der Waals surface area contributed by atoms with Crippen LogP contribution < -0.4 is 10.6 Å². The van der Waals surface area contributed by atoms with Crippen LogP contribution in [-0.4, -0.2) is 111 Å². The Morgan fingerprint density at radius 2 is 0.923 bits per heavy atom. The number of esters is 4. The van der Waals surface area contributed by atoms with Gasteiger partial charge in [0, 0.05) is 39.0 Å². The van der Waals surface area contributed by atoms with Crippen LogP contribution in [0, 0.1) is 23.7 Å². The molecule has 16 heteroatoms. The molecule has 2 N–H and O–H groups in total. The zero-order valence-corrected chi connectivity index (χ0v) is 31.8. The molecule has 4 unspecified atom stereocenters. The van der Waals surface area contributed by atoms with Crippen molar-refractivity contribution in [3.8, 4) is 0 Å². The number of fused-ring (bicyclic) bond motifs is 5. The van der Waals surface area contributed by atoms with Gasteiger partial charge in [0.05, 0.1) is 53.1 Å². The van der Waals surface area contributed by atoms with Gasteiger partial charge in [-0.1, -0.05) is 6.42 Å². The molecule has 0 radical (unpaired) electrons. The topological polar surface area (TPSA) is 204 Å². The second-order valence-corrected chi connectivity index (χ2v) is 12.6. The zero-order valence-electron chi connectivity index (χ0n) is 31.8. The fourth-order valence-electron chi connectivity index (χ4n) is 6.98. The molecule has 2 bridgehead atoms. The fourth-order valence-corrected chi connectivity index (χ4v) is 6.98. The number of nitrogens with one attached hydrogen (secondary N) is 2. The first-order chi connectivity index (χ1) is 24.9. The molecule has 3 saturated carbocycles. The van der Waals surface area contributed by atoms with Crippen molar-refractivity contribution in [2.45, 2.75) is 105 Å². The minimum absolute atomic E-state index is 0.0352. The third-order valence-electron chi connectivity index (χ3n) is 9.44. The van der Waals surface area contributed by atoms with Crippen LogP contribution in [0.3, 0.4) is 0 Å². The molecule has 0 heterocycles. The lowest BCUT2D eigenvalue weighted by molar-refractivity contribution is -0.143. The molecule has 3 aliphatic carbocycles. The molecule has 16 nitrogen and oxygen atoms in total. The summed E-state index contributed by atoms with van der Waals surface area (Å²) in [5.74, 6) is 1.99. The van der Waals surface area contributed by atoms with E-state index in [1.165, 1.54) is 37.9 Å². The average molecular weight is 741 g/mol. The monoisotopic (exact) mass is 740 g/mol. The van der Waals surface area contributed by atoms with E-state index in [0.717, 1.165) is 9.80 Å².